The highest BCUT2D eigenvalue weighted by Crippen LogP contribution is 2.22. The molecule has 4 nitrogen and oxygen atoms in total. The Labute approximate surface area is 143 Å². The zero-order valence-corrected chi connectivity index (χ0v) is 14.1. The topological polar surface area (TPSA) is 41.6 Å². The lowest BCUT2D eigenvalue weighted by molar-refractivity contribution is -0.124. The van der Waals surface area contributed by atoms with Crippen molar-refractivity contribution in [3.63, 3.8) is 0 Å². The molecule has 1 heterocycles. The summed E-state index contributed by atoms with van der Waals surface area (Å²) in [5, 5.41) is 3.06. The second-order valence-electron chi connectivity index (χ2n) is 6.32. The van der Waals surface area contributed by atoms with Crippen molar-refractivity contribution in [2.45, 2.75) is 18.9 Å². The van der Waals surface area contributed by atoms with Gasteiger partial charge in [-0.3, -0.25) is 4.79 Å². The summed E-state index contributed by atoms with van der Waals surface area (Å²) in [6, 6.07) is 18.3. The predicted octanol–water partition coefficient (Wildman–Crippen LogP) is 2.94. The van der Waals surface area contributed by atoms with Gasteiger partial charge < -0.3 is 15.0 Å². The molecule has 24 heavy (non-hydrogen) atoms. The molecule has 0 aromatic heterocycles. The number of benzene rings is 2. The number of carbonyl (C=O) groups excluding carboxylic acids is 1. The number of likely N-dealkylation sites (tertiary alicyclic amines) is 1. The molecule has 0 bridgehead atoms. The molecular weight excluding hydrogens is 300 g/mol. The molecule has 0 atom stereocenters. The van der Waals surface area contributed by atoms with E-state index in [4.69, 9.17) is 4.74 Å². The van der Waals surface area contributed by atoms with Crippen molar-refractivity contribution in [2.24, 2.45) is 0 Å². The largest absolute Gasteiger partial charge is 0.484 e. The van der Waals surface area contributed by atoms with Gasteiger partial charge in [-0.1, -0.05) is 42.5 Å². The van der Waals surface area contributed by atoms with Gasteiger partial charge in [0.2, 0.25) is 0 Å². The third kappa shape index (κ3) is 4.59. The first-order valence-electron chi connectivity index (χ1n) is 8.47. The Hall–Kier alpha value is -2.33. The van der Waals surface area contributed by atoms with Crippen LogP contribution in [0.2, 0.25) is 0 Å². The Balaban J connectivity index is 1.47. The van der Waals surface area contributed by atoms with E-state index in [0.29, 0.717) is 5.75 Å². The molecule has 2 aromatic rings. The van der Waals surface area contributed by atoms with Crippen molar-refractivity contribution in [3.8, 4) is 16.9 Å². The van der Waals surface area contributed by atoms with Gasteiger partial charge >= 0.3 is 0 Å². The van der Waals surface area contributed by atoms with E-state index in [1.54, 1.807) is 0 Å². The standard InChI is InChI=1S/C20H24N2O2/c1-22-13-11-18(12-14-22)21-20(23)15-24-19-9-7-17(8-10-19)16-5-3-2-4-6-16/h2-10,18H,11-15H2,1H3,(H,21,23). The lowest BCUT2D eigenvalue weighted by atomic mass is 10.1. The Bertz CT molecular complexity index is 647. The monoisotopic (exact) mass is 324 g/mol. The maximum absolute atomic E-state index is 12.0. The number of hydrogen-bond donors (Lipinski definition) is 1. The first-order valence-corrected chi connectivity index (χ1v) is 8.47. The lowest BCUT2D eigenvalue weighted by Gasteiger charge is -2.29. The average Bonchev–Trinajstić information content (AvgIpc) is 2.63. The summed E-state index contributed by atoms with van der Waals surface area (Å²) in [5.41, 5.74) is 2.31. The van der Waals surface area contributed by atoms with E-state index in [0.717, 1.165) is 31.5 Å². The van der Waals surface area contributed by atoms with Gasteiger partial charge in [-0.05, 0) is 56.2 Å². The molecule has 1 N–H and O–H groups in total. The first kappa shape index (κ1) is 16.5. The van der Waals surface area contributed by atoms with E-state index in [2.05, 4.69) is 29.4 Å². The molecule has 3 rings (SSSR count). The molecule has 0 saturated carbocycles. The van der Waals surface area contributed by atoms with Crippen LogP contribution in [0.3, 0.4) is 0 Å². The van der Waals surface area contributed by atoms with Crippen LogP contribution in [0.4, 0.5) is 0 Å². The summed E-state index contributed by atoms with van der Waals surface area (Å²) < 4.78 is 5.60. The summed E-state index contributed by atoms with van der Waals surface area (Å²) in [7, 11) is 2.11. The molecular formula is C20H24N2O2. The Morgan fingerprint density at radius 3 is 2.33 bits per heavy atom. The molecule has 1 aliphatic heterocycles. The maximum atomic E-state index is 12.0. The molecule has 0 radical (unpaired) electrons. The lowest BCUT2D eigenvalue weighted by Crippen LogP contribution is -2.44. The van der Waals surface area contributed by atoms with Crippen molar-refractivity contribution in [1.82, 2.24) is 10.2 Å². The molecule has 0 aliphatic carbocycles. The van der Waals surface area contributed by atoms with E-state index < -0.39 is 0 Å². The number of nitrogens with one attached hydrogen (secondary N) is 1. The first-order chi connectivity index (χ1) is 11.7. The van der Waals surface area contributed by atoms with Gasteiger partial charge in [0, 0.05) is 6.04 Å². The van der Waals surface area contributed by atoms with Gasteiger partial charge in [0.25, 0.3) is 5.91 Å². The smallest absolute Gasteiger partial charge is 0.258 e. The predicted molar refractivity (Wildman–Crippen MR) is 96.0 cm³/mol. The van der Waals surface area contributed by atoms with Crippen LogP contribution in [-0.2, 0) is 4.79 Å². The number of amides is 1. The Morgan fingerprint density at radius 2 is 1.67 bits per heavy atom. The van der Waals surface area contributed by atoms with Crippen molar-refractivity contribution in [2.75, 3.05) is 26.7 Å². The zero-order chi connectivity index (χ0) is 16.8. The highest BCUT2D eigenvalue weighted by molar-refractivity contribution is 5.77. The third-order valence-corrected chi connectivity index (χ3v) is 4.42. The number of carbonyl (C=O) groups is 1. The van der Waals surface area contributed by atoms with Crippen LogP contribution in [0.15, 0.2) is 54.6 Å². The van der Waals surface area contributed by atoms with E-state index in [9.17, 15) is 4.79 Å². The fraction of sp³-hybridized carbons (Fsp3) is 0.350. The average molecular weight is 324 g/mol. The second-order valence-corrected chi connectivity index (χ2v) is 6.32. The maximum Gasteiger partial charge on any atom is 0.258 e. The van der Waals surface area contributed by atoms with Crippen molar-refractivity contribution in [3.05, 3.63) is 54.6 Å². The Kier molecular flexibility index (Phi) is 5.49. The summed E-state index contributed by atoms with van der Waals surface area (Å²) in [5.74, 6) is 0.671. The molecule has 1 fully saturated rings. The van der Waals surface area contributed by atoms with E-state index >= 15 is 0 Å². The molecule has 0 unspecified atom stereocenters. The van der Waals surface area contributed by atoms with Crippen LogP contribution in [-0.4, -0.2) is 43.6 Å². The van der Waals surface area contributed by atoms with Gasteiger partial charge in [0.05, 0.1) is 0 Å². The van der Waals surface area contributed by atoms with Gasteiger partial charge in [0.15, 0.2) is 6.61 Å². The van der Waals surface area contributed by atoms with Crippen molar-refractivity contribution >= 4 is 5.91 Å². The van der Waals surface area contributed by atoms with E-state index in [1.165, 1.54) is 5.56 Å². The van der Waals surface area contributed by atoms with Crippen LogP contribution < -0.4 is 10.1 Å². The fourth-order valence-electron chi connectivity index (χ4n) is 2.95. The van der Waals surface area contributed by atoms with Crippen LogP contribution in [0, 0.1) is 0 Å². The molecule has 126 valence electrons. The number of rotatable bonds is 5. The van der Waals surface area contributed by atoms with Gasteiger partial charge in [-0.15, -0.1) is 0 Å². The van der Waals surface area contributed by atoms with Gasteiger partial charge in [-0.2, -0.15) is 0 Å². The van der Waals surface area contributed by atoms with Crippen molar-refractivity contribution < 1.29 is 9.53 Å². The highest BCUT2D eigenvalue weighted by atomic mass is 16.5. The van der Waals surface area contributed by atoms with Gasteiger partial charge in [0.1, 0.15) is 5.75 Å². The van der Waals surface area contributed by atoms with Gasteiger partial charge in [-0.25, -0.2) is 0 Å². The van der Waals surface area contributed by atoms with Crippen LogP contribution in [0.25, 0.3) is 11.1 Å². The molecule has 0 spiro atoms. The number of ether oxygens (including phenoxy) is 1. The number of hydrogen-bond acceptors (Lipinski definition) is 3. The van der Waals surface area contributed by atoms with Crippen LogP contribution >= 0.6 is 0 Å². The molecule has 1 aliphatic rings. The summed E-state index contributed by atoms with van der Waals surface area (Å²) >= 11 is 0. The zero-order valence-electron chi connectivity index (χ0n) is 14.1. The Morgan fingerprint density at radius 1 is 1.04 bits per heavy atom. The minimum Gasteiger partial charge on any atom is -0.484 e. The van der Waals surface area contributed by atoms with E-state index in [1.807, 2.05) is 42.5 Å². The summed E-state index contributed by atoms with van der Waals surface area (Å²) in [4.78, 5) is 14.3. The molecule has 2 aromatic carbocycles. The minimum atomic E-state index is -0.0447. The number of nitrogens with zero attached hydrogens (tertiary/aromatic N) is 1. The van der Waals surface area contributed by atoms with Crippen molar-refractivity contribution in [1.29, 1.82) is 0 Å². The SMILES string of the molecule is CN1CCC(NC(=O)COc2ccc(-c3ccccc3)cc2)CC1. The quantitative estimate of drug-likeness (QED) is 0.919. The number of piperidine rings is 1. The third-order valence-electron chi connectivity index (χ3n) is 4.42. The second kappa shape index (κ2) is 7.97. The fourth-order valence-corrected chi connectivity index (χ4v) is 2.95. The van der Waals surface area contributed by atoms with Crippen LogP contribution in [0.1, 0.15) is 12.8 Å². The van der Waals surface area contributed by atoms with E-state index in [-0.39, 0.29) is 18.6 Å². The molecule has 1 amide bonds. The molecule has 1 saturated heterocycles. The highest BCUT2D eigenvalue weighted by Gasteiger charge is 2.18. The molecule has 4 heteroatoms. The summed E-state index contributed by atoms with van der Waals surface area (Å²) in [6.45, 7) is 2.14. The minimum absolute atomic E-state index is 0.0447. The van der Waals surface area contributed by atoms with Crippen LogP contribution in [0.5, 0.6) is 5.75 Å². The normalized spacial score (nSPS) is 15.9. The summed E-state index contributed by atoms with van der Waals surface area (Å²) in [6.07, 6.45) is 2.02.